The van der Waals surface area contributed by atoms with E-state index in [2.05, 4.69) is 4.98 Å². The predicted octanol–water partition coefficient (Wildman–Crippen LogP) is 3.78. The van der Waals surface area contributed by atoms with Crippen LogP contribution < -0.4 is 0 Å². The molecule has 1 aliphatic heterocycles. The minimum absolute atomic E-state index is 0.166. The molecule has 1 aliphatic rings. The minimum atomic E-state index is -4.58. The fourth-order valence-corrected chi connectivity index (χ4v) is 3.06. The molecule has 0 radical (unpaired) electrons. The SMILES string of the molecule is OC1(C(F)(F)F)CCN(Cc2cc3ccccc3nc2Cl)CC1. The van der Waals surface area contributed by atoms with E-state index in [0.29, 0.717) is 11.7 Å². The Bertz CT molecular complexity index is 712. The van der Waals surface area contributed by atoms with Gasteiger partial charge in [-0.3, -0.25) is 4.90 Å². The van der Waals surface area contributed by atoms with Gasteiger partial charge in [-0.15, -0.1) is 0 Å². The Morgan fingerprint density at radius 2 is 1.87 bits per heavy atom. The number of alkyl halides is 3. The van der Waals surface area contributed by atoms with Crippen LogP contribution in [0.15, 0.2) is 30.3 Å². The highest BCUT2D eigenvalue weighted by atomic mass is 35.5. The van der Waals surface area contributed by atoms with Crippen LogP contribution in [0, 0.1) is 0 Å². The first-order valence-electron chi connectivity index (χ1n) is 7.34. The summed E-state index contributed by atoms with van der Waals surface area (Å²) in [5, 5.41) is 11.0. The zero-order valence-corrected chi connectivity index (χ0v) is 13.0. The Hall–Kier alpha value is -1.37. The van der Waals surface area contributed by atoms with Crippen LogP contribution in [0.4, 0.5) is 13.2 Å². The van der Waals surface area contributed by atoms with Gasteiger partial charge in [0.1, 0.15) is 5.15 Å². The summed E-state index contributed by atoms with van der Waals surface area (Å²) in [7, 11) is 0. The maximum absolute atomic E-state index is 12.8. The predicted molar refractivity (Wildman–Crippen MR) is 82.3 cm³/mol. The molecule has 0 aliphatic carbocycles. The highest BCUT2D eigenvalue weighted by molar-refractivity contribution is 6.30. The summed E-state index contributed by atoms with van der Waals surface area (Å²) in [6.07, 6.45) is -5.23. The quantitative estimate of drug-likeness (QED) is 0.842. The molecule has 0 saturated carbocycles. The Kier molecular flexibility index (Phi) is 4.25. The van der Waals surface area contributed by atoms with Gasteiger partial charge >= 0.3 is 6.18 Å². The molecule has 3 nitrogen and oxygen atoms in total. The molecular weight excluding hydrogens is 329 g/mol. The monoisotopic (exact) mass is 344 g/mol. The number of para-hydroxylation sites is 1. The second-order valence-corrected chi connectivity index (χ2v) is 6.29. The number of aromatic nitrogens is 1. The zero-order valence-electron chi connectivity index (χ0n) is 12.3. The van der Waals surface area contributed by atoms with Crippen molar-refractivity contribution < 1.29 is 18.3 Å². The van der Waals surface area contributed by atoms with E-state index in [-0.39, 0.29) is 25.9 Å². The Labute approximate surface area is 136 Å². The summed E-state index contributed by atoms with van der Waals surface area (Å²) in [6.45, 7) is 0.753. The van der Waals surface area contributed by atoms with Crippen molar-refractivity contribution in [3.8, 4) is 0 Å². The maximum atomic E-state index is 12.8. The molecule has 7 heteroatoms. The van der Waals surface area contributed by atoms with Gasteiger partial charge in [0.25, 0.3) is 0 Å². The van der Waals surface area contributed by atoms with E-state index in [1.165, 1.54) is 0 Å². The van der Waals surface area contributed by atoms with Crippen LogP contribution >= 0.6 is 11.6 Å². The zero-order chi connectivity index (χ0) is 16.7. The molecule has 0 amide bonds. The second-order valence-electron chi connectivity index (χ2n) is 5.94. The number of benzene rings is 1. The summed E-state index contributed by atoms with van der Waals surface area (Å²) < 4.78 is 38.5. The number of pyridine rings is 1. The van der Waals surface area contributed by atoms with Crippen molar-refractivity contribution in [2.24, 2.45) is 0 Å². The molecule has 23 heavy (non-hydrogen) atoms. The number of nitrogens with zero attached hydrogens (tertiary/aromatic N) is 2. The average molecular weight is 345 g/mol. The summed E-state index contributed by atoms with van der Waals surface area (Å²) in [4.78, 5) is 6.18. The number of rotatable bonds is 2. The molecular formula is C16H16ClF3N2O. The van der Waals surface area contributed by atoms with Crippen LogP contribution in [0.5, 0.6) is 0 Å². The lowest BCUT2D eigenvalue weighted by atomic mass is 9.90. The maximum Gasteiger partial charge on any atom is 0.417 e. The number of hydrogen-bond donors (Lipinski definition) is 1. The van der Waals surface area contributed by atoms with E-state index < -0.39 is 11.8 Å². The molecule has 0 unspecified atom stereocenters. The first-order chi connectivity index (χ1) is 10.8. The first-order valence-corrected chi connectivity index (χ1v) is 7.72. The third-order valence-corrected chi connectivity index (χ3v) is 4.68. The number of halogens is 4. The minimum Gasteiger partial charge on any atom is -0.380 e. The van der Waals surface area contributed by atoms with E-state index in [1.807, 2.05) is 35.2 Å². The normalized spacial score (nSPS) is 19.2. The topological polar surface area (TPSA) is 36.4 Å². The van der Waals surface area contributed by atoms with Crippen LogP contribution in [0.1, 0.15) is 18.4 Å². The average Bonchev–Trinajstić information content (AvgIpc) is 2.49. The van der Waals surface area contributed by atoms with Crippen LogP contribution in [0.25, 0.3) is 10.9 Å². The van der Waals surface area contributed by atoms with Gasteiger partial charge in [0, 0.05) is 30.6 Å². The van der Waals surface area contributed by atoms with Crippen LogP contribution in [0.3, 0.4) is 0 Å². The third kappa shape index (κ3) is 3.29. The van der Waals surface area contributed by atoms with Crippen molar-refractivity contribution in [2.45, 2.75) is 31.2 Å². The summed E-state index contributed by atoms with van der Waals surface area (Å²) >= 11 is 6.18. The number of aliphatic hydroxyl groups is 1. The molecule has 124 valence electrons. The number of likely N-dealkylation sites (tertiary alicyclic amines) is 1. The van der Waals surface area contributed by atoms with Crippen molar-refractivity contribution in [3.63, 3.8) is 0 Å². The van der Waals surface area contributed by atoms with Crippen molar-refractivity contribution in [2.75, 3.05) is 13.1 Å². The van der Waals surface area contributed by atoms with Gasteiger partial charge < -0.3 is 5.11 Å². The molecule has 1 aromatic heterocycles. The molecule has 1 fully saturated rings. The first kappa shape index (κ1) is 16.5. The van der Waals surface area contributed by atoms with Gasteiger partial charge in [0.15, 0.2) is 5.60 Å². The second kappa shape index (κ2) is 5.92. The molecule has 3 rings (SSSR count). The Balaban J connectivity index is 1.73. The number of fused-ring (bicyclic) bond motifs is 1. The van der Waals surface area contributed by atoms with Crippen LogP contribution in [-0.2, 0) is 6.54 Å². The lowest BCUT2D eigenvalue weighted by Gasteiger charge is -2.39. The molecule has 1 saturated heterocycles. The van der Waals surface area contributed by atoms with E-state index >= 15 is 0 Å². The lowest BCUT2D eigenvalue weighted by Crippen LogP contribution is -2.53. The van der Waals surface area contributed by atoms with E-state index in [1.54, 1.807) is 0 Å². The highest BCUT2D eigenvalue weighted by Gasteiger charge is 2.54. The third-order valence-electron chi connectivity index (χ3n) is 4.35. The Morgan fingerprint density at radius 1 is 1.22 bits per heavy atom. The lowest BCUT2D eigenvalue weighted by molar-refractivity contribution is -0.272. The van der Waals surface area contributed by atoms with E-state index in [4.69, 9.17) is 11.6 Å². The molecule has 1 N–H and O–H groups in total. The summed E-state index contributed by atoms with van der Waals surface area (Å²) in [5.74, 6) is 0. The van der Waals surface area contributed by atoms with Gasteiger partial charge in [-0.1, -0.05) is 29.8 Å². The number of piperidine rings is 1. The fraction of sp³-hybridized carbons (Fsp3) is 0.438. The van der Waals surface area contributed by atoms with Crippen molar-refractivity contribution in [3.05, 3.63) is 41.0 Å². The van der Waals surface area contributed by atoms with E-state index in [0.717, 1.165) is 16.5 Å². The smallest absolute Gasteiger partial charge is 0.380 e. The largest absolute Gasteiger partial charge is 0.417 e. The molecule has 1 aromatic carbocycles. The van der Waals surface area contributed by atoms with E-state index in [9.17, 15) is 18.3 Å². The van der Waals surface area contributed by atoms with Crippen molar-refractivity contribution in [1.82, 2.24) is 9.88 Å². The summed E-state index contributed by atoms with van der Waals surface area (Å²) in [5.41, 5.74) is -1.01. The number of hydrogen-bond acceptors (Lipinski definition) is 3. The van der Waals surface area contributed by atoms with Gasteiger partial charge in [0.2, 0.25) is 0 Å². The fourth-order valence-electron chi connectivity index (χ4n) is 2.85. The molecule has 0 atom stereocenters. The highest BCUT2D eigenvalue weighted by Crippen LogP contribution is 2.38. The molecule has 2 aromatic rings. The van der Waals surface area contributed by atoms with Crippen LogP contribution in [-0.4, -0.2) is 39.9 Å². The van der Waals surface area contributed by atoms with Gasteiger partial charge in [0.05, 0.1) is 5.52 Å². The van der Waals surface area contributed by atoms with Gasteiger partial charge in [-0.05, 0) is 25.0 Å². The van der Waals surface area contributed by atoms with Crippen molar-refractivity contribution in [1.29, 1.82) is 0 Å². The molecule has 0 bridgehead atoms. The standard InChI is InChI=1S/C16H16ClF3N2O/c17-14-12(9-11-3-1-2-4-13(11)21-14)10-22-7-5-15(23,6-8-22)16(18,19)20/h1-4,9,23H,5-8,10H2. The Morgan fingerprint density at radius 3 is 2.52 bits per heavy atom. The molecule has 0 spiro atoms. The van der Waals surface area contributed by atoms with Crippen LogP contribution in [0.2, 0.25) is 5.15 Å². The van der Waals surface area contributed by atoms with Gasteiger partial charge in [-0.25, -0.2) is 4.98 Å². The molecule has 2 heterocycles. The van der Waals surface area contributed by atoms with Crippen molar-refractivity contribution >= 4 is 22.5 Å². The summed E-state index contributed by atoms with van der Waals surface area (Å²) in [6, 6.07) is 9.45. The van der Waals surface area contributed by atoms with Gasteiger partial charge in [-0.2, -0.15) is 13.2 Å².